The Hall–Kier alpha value is -1.26. The van der Waals surface area contributed by atoms with Crippen molar-refractivity contribution >= 4 is 12.0 Å². The Kier molecular flexibility index (Phi) is 5.12. The van der Waals surface area contributed by atoms with Crippen molar-refractivity contribution in [3.05, 3.63) is 0 Å². The van der Waals surface area contributed by atoms with Gasteiger partial charge >= 0.3 is 12.0 Å². The van der Waals surface area contributed by atoms with Crippen molar-refractivity contribution in [1.82, 2.24) is 10.2 Å². The molecule has 21 heavy (non-hydrogen) atoms. The third-order valence-electron chi connectivity index (χ3n) is 4.91. The van der Waals surface area contributed by atoms with Gasteiger partial charge in [-0.2, -0.15) is 0 Å². The summed E-state index contributed by atoms with van der Waals surface area (Å²) in [4.78, 5) is 25.3. The number of aliphatic carboxylic acids is 1. The standard InChI is InChI=1S/C16H28N2O3/c1-16(2,10-9-14(19)20)17-15(21)18-11-5-7-12-6-3-4-8-13(12)18/h12-13H,3-11H2,1-2H3,(H,17,21)(H,19,20). The fourth-order valence-corrected chi connectivity index (χ4v) is 3.72. The lowest BCUT2D eigenvalue weighted by Gasteiger charge is -2.45. The Labute approximate surface area is 127 Å². The molecule has 2 amide bonds. The minimum Gasteiger partial charge on any atom is -0.481 e. The monoisotopic (exact) mass is 296 g/mol. The van der Waals surface area contributed by atoms with Crippen LogP contribution >= 0.6 is 0 Å². The van der Waals surface area contributed by atoms with Crippen molar-refractivity contribution in [3.8, 4) is 0 Å². The number of carbonyl (C=O) groups excluding carboxylic acids is 1. The molecule has 0 spiro atoms. The molecule has 0 aromatic heterocycles. The molecule has 2 unspecified atom stereocenters. The van der Waals surface area contributed by atoms with Gasteiger partial charge in [0.25, 0.3) is 0 Å². The van der Waals surface area contributed by atoms with Crippen LogP contribution in [0.25, 0.3) is 0 Å². The van der Waals surface area contributed by atoms with E-state index in [-0.39, 0.29) is 12.5 Å². The number of nitrogens with zero attached hydrogens (tertiary/aromatic N) is 1. The molecule has 0 aromatic rings. The second-order valence-corrected chi connectivity index (χ2v) is 7.16. The quantitative estimate of drug-likeness (QED) is 0.838. The normalized spacial score (nSPS) is 26.1. The fourth-order valence-electron chi connectivity index (χ4n) is 3.72. The molecule has 0 radical (unpaired) electrons. The van der Waals surface area contributed by atoms with Gasteiger partial charge in [0.05, 0.1) is 0 Å². The summed E-state index contributed by atoms with van der Waals surface area (Å²) in [6.07, 6.45) is 7.74. The topological polar surface area (TPSA) is 69.6 Å². The Morgan fingerprint density at radius 2 is 1.86 bits per heavy atom. The van der Waals surface area contributed by atoms with Crippen molar-refractivity contribution in [2.75, 3.05) is 6.54 Å². The van der Waals surface area contributed by atoms with E-state index in [1.165, 1.54) is 25.7 Å². The third-order valence-corrected chi connectivity index (χ3v) is 4.91. The zero-order valence-corrected chi connectivity index (χ0v) is 13.2. The fraction of sp³-hybridized carbons (Fsp3) is 0.875. The Bertz CT molecular complexity index is 393. The molecule has 1 saturated heterocycles. The molecule has 1 aliphatic carbocycles. The summed E-state index contributed by atoms with van der Waals surface area (Å²) in [5.41, 5.74) is -0.475. The molecule has 1 heterocycles. The number of carboxylic acid groups (broad SMARTS) is 1. The highest BCUT2D eigenvalue weighted by molar-refractivity contribution is 5.75. The first-order chi connectivity index (χ1) is 9.89. The second kappa shape index (κ2) is 6.67. The summed E-state index contributed by atoms with van der Waals surface area (Å²) in [7, 11) is 0. The maximum Gasteiger partial charge on any atom is 0.318 e. The Morgan fingerprint density at radius 3 is 2.57 bits per heavy atom. The van der Waals surface area contributed by atoms with E-state index >= 15 is 0 Å². The lowest BCUT2D eigenvalue weighted by atomic mass is 9.78. The van der Waals surface area contributed by atoms with Gasteiger partial charge in [0.15, 0.2) is 0 Å². The maximum atomic E-state index is 12.6. The summed E-state index contributed by atoms with van der Waals surface area (Å²) in [6.45, 7) is 4.63. The number of carboxylic acids is 1. The summed E-state index contributed by atoms with van der Waals surface area (Å²) in [5.74, 6) is -0.150. The number of hydrogen-bond donors (Lipinski definition) is 2. The molecule has 2 atom stereocenters. The van der Waals surface area contributed by atoms with E-state index < -0.39 is 11.5 Å². The van der Waals surface area contributed by atoms with Crippen LogP contribution in [0, 0.1) is 5.92 Å². The zero-order valence-electron chi connectivity index (χ0n) is 13.2. The van der Waals surface area contributed by atoms with Gasteiger partial charge in [-0.15, -0.1) is 0 Å². The smallest absolute Gasteiger partial charge is 0.318 e. The minimum atomic E-state index is -0.817. The number of urea groups is 1. The zero-order chi connectivity index (χ0) is 15.5. The molecule has 0 aromatic carbocycles. The van der Waals surface area contributed by atoms with Crippen molar-refractivity contribution in [1.29, 1.82) is 0 Å². The van der Waals surface area contributed by atoms with Gasteiger partial charge in [-0.3, -0.25) is 4.79 Å². The molecule has 2 N–H and O–H groups in total. The van der Waals surface area contributed by atoms with Gasteiger partial charge in [-0.1, -0.05) is 12.8 Å². The number of piperidine rings is 1. The molecule has 5 heteroatoms. The van der Waals surface area contributed by atoms with E-state index in [0.29, 0.717) is 18.4 Å². The summed E-state index contributed by atoms with van der Waals surface area (Å²) < 4.78 is 0. The summed E-state index contributed by atoms with van der Waals surface area (Å²) in [6, 6.07) is 0.379. The van der Waals surface area contributed by atoms with Crippen LogP contribution in [0.5, 0.6) is 0 Å². The third kappa shape index (κ3) is 4.35. The van der Waals surface area contributed by atoms with E-state index in [2.05, 4.69) is 5.32 Å². The highest BCUT2D eigenvalue weighted by atomic mass is 16.4. The van der Waals surface area contributed by atoms with Gasteiger partial charge in [0.1, 0.15) is 0 Å². The largest absolute Gasteiger partial charge is 0.481 e. The molecular weight excluding hydrogens is 268 g/mol. The van der Waals surface area contributed by atoms with Crippen molar-refractivity contribution in [2.24, 2.45) is 5.92 Å². The maximum absolute atomic E-state index is 12.6. The van der Waals surface area contributed by atoms with Crippen LogP contribution in [0.1, 0.15) is 65.2 Å². The highest BCUT2D eigenvalue weighted by Crippen LogP contribution is 2.35. The number of hydrogen-bond acceptors (Lipinski definition) is 2. The molecule has 2 fully saturated rings. The number of rotatable bonds is 4. The minimum absolute atomic E-state index is 0.0120. The van der Waals surface area contributed by atoms with E-state index in [9.17, 15) is 9.59 Å². The second-order valence-electron chi connectivity index (χ2n) is 7.16. The average Bonchev–Trinajstić information content (AvgIpc) is 2.44. The van der Waals surface area contributed by atoms with Crippen LogP contribution in [-0.4, -0.2) is 40.1 Å². The SMILES string of the molecule is CC(C)(CCC(=O)O)NC(=O)N1CCCC2CCCCC21. The first-order valence-corrected chi connectivity index (χ1v) is 8.20. The summed E-state index contributed by atoms with van der Waals surface area (Å²) in [5, 5.41) is 11.8. The molecule has 2 rings (SSSR count). The van der Waals surface area contributed by atoms with E-state index in [0.717, 1.165) is 19.4 Å². The molecular formula is C16H28N2O3. The highest BCUT2D eigenvalue weighted by Gasteiger charge is 2.37. The number of carbonyl (C=O) groups is 2. The van der Waals surface area contributed by atoms with Crippen LogP contribution in [0.3, 0.4) is 0 Å². The van der Waals surface area contributed by atoms with E-state index in [1.54, 1.807) is 0 Å². The number of likely N-dealkylation sites (tertiary alicyclic amines) is 1. The molecule has 1 saturated carbocycles. The average molecular weight is 296 g/mol. The van der Waals surface area contributed by atoms with E-state index in [4.69, 9.17) is 5.11 Å². The van der Waals surface area contributed by atoms with Crippen LogP contribution in [0.4, 0.5) is 4.79 Å². The van der Waals surface area contributed by atoms with Crippen molar-refractivity contribution in [3.63, 3.8) is 0 Å². The Morgan fingerprint density at radius 1 is 1.19 bits per heavy atom. The number of amides is 2. The summed E-state index contributed by atoms with van der Waals surface area (Å²) >= 11 is 0. The lowest BCUT2D eigenvalue weighted by molar-refractivity contribution is -0.137. The van der Waals surface area contributed by atoms with Gasteiger partial charge in [-0.25, -0.2) is 4.79 Å². The van der Waals surface area contributed by atoms with Crippen molar-refractivity contribution < 1.29 is 14.7 Å². The van der Waals surface area contributed by atoms with Crippen LogP contribution in [0.15, 0.2) is 0 Å². The predicted octanol–water partition coefficient (Wildman–Crippen LogP) is 2.99. The first kappa shape index (κ1) is 16.1. The molecule has 120 valence electrons. The Balaban J connectivity index is 1.93. The van der Waals surface area contributed by atoms with E-state index in [1.807, 2.05) is 18.7 Å². The predicted molar refractivity (Wildman–Crippen MR) is 81.2 cm³/mol. The molecule has 5 nitrogen and oxygen atoms in total. The van der Waals surface area contributed by atoms with Gasteiger partial charge in [-0.05, 0) is 51.9 Å². The van der Waals surface area contributed by atoms with Gasteiger partial charge < -0.3 is 15.3 Å². The first-order valence-electron chi connectivity index (χ1n) is 8.20. The molecule has 2 aliphatic rings. The number of nitrogens with one attached hydrogen (secondary N) is 1. The molecule has 0 bridgehead atoms. The molecule has 1 aliphatic heterocycles. The van der Waals surface area contributed by atoms with Crippen LogP contribution < -0.4 is 5.32 Å². The van der Waals surface area contributed by atoms with Crippen LogP contribution in [0.2, 0.25) is 0 Å². The van der Waals surface area contributed by atoms with Crippen molar-refractivity contribution in [2.45, 2.75) is 76.8 Å². The van der Waals surface area contributed by atoms with Gasteiger partial charge in [0.2, 0.25) is 0 Å². The lowest BCUT2D eigenvalue weighted by Crippen LogP contribution is -2.57. The van der Waals surface area contributed by atoms with Gasteiger partial charge in [0, 0.05) is 24.5 Å². The number of fused-ring (bicyclic) bond motifs is 1. The van der Waals surface area contributed by atoms with Crippen LogP contribution in [-0.2, 0) is 4.79 Å².